The van der Waals surface area contributed by atoms with Crippen LogP contribution in [0, 0.1) is 16.7 Å². The largest absolute Gasteiger partial charge is 0.468 e. The monoisotopic (exact) mass is 456 g/mol. The lowest BCUT2D eigenvalue weighted by molar-refractivity contribution is -0.118. The van der Waals surface area contributed by atoms with E-state index in [0.717, 1.165) is 0 Å². The fourth-order valence-electron chi connectivity index (χ4n) is 3.95. The summed E-state index contributed by atoms with van der Waals surface area (Å²) >= 11 is 2.39. The van der Waals surface area contributed by atoms with Gasteiger partial charge in [0.05, 0.1) is 29.6 Å². The Morgan fingerprint density at radius 3 is 2.87 bits per heavy atom. The van der Waals surface area contributed by atoms with Gasteiger partial charge in [-0.1, -0.05) is 36.9 Å². The molecule has 11 heteroatoms. The summed E-state index contributed by atoms with van der Waals surface area (Å²) in [4.78, 5) is 26.0. The lowest BCUT2D eigenvalue weighted by atomic mass is 9.69. The highest BCUT2D eigenvalue weighted by atomic mass is 32.2. The number of amides is 1. The summed E-state index contributed by atoms with van der Waals surface area (Å²) in [6.07, 6.45) is 2.43. The molecule has 31 heavy (non-hydrogen) atoms. The second-order valence-electron chi connectivity index (χ2n) is 8.10. The van der Waals surface area contributed by atoms with Crippen molar-refractivity contribution >= 4 is 39.9 Å². The molecule has 1 aliphatic heterocycles. The van der Waals surface area contributed by atoms with Gasteiger partial charge < -0.3 is 15.9 Å². The number of carbonyl (C=O) groups excluding carboxylic acids is 2. The smallest absolute Gasteiger partial charge is 0.227 e. The van der Waals surface area contributed by atoms with Gasteiger partial charge in [0.1, 0.15) is 11.6 Å². The van der Waals surface area contributed by atoms with E-state index in [1.807, 2.05) is 13.8 Å². The van der Waals surface area contributed by atoms with Crippen LogP contribution in [-0.2, 0) is 9.59 Å². The fourth-order valence-corrected chi connectivity index (χ4v) is 5.57. The Labute approximate surface area is 186 Å². The molecular weight excluding hydrogens is 436 g/mol. The number of carbonyl (C=O) groups is 2. The minimum Gasteiger partial charge on any atom is -0.468 e. The van der Waals surface area contributed by atoms with E-state index in [1.54, 1.807) is 17.0 Å². The van der Waals surface area contributed by atoms with Crippen molar-refractivity contribution in [2.45, 2.75) is 36.9 Å². The highest BCUT2D eigenvalue weighted by Crippen LogP contribution is 2.50. The molecular formula is C20H20N6O3S2. The molecule has 0 saturated carbocycles. The quantitative estimate of drug-likeness (QED) is 0.646. The zero-order chi connectivity index (χ0) is 22.3. The zero-order valence-electron chi connectivity index (χ0n) is 16.9. The highest BCUT2D eigenvalue weighted by Gasteiger charge is 2.46. The first-order valence-corrected chi connectivity index (χ1v) is 11.3. The molecule has 4 N–H and O–H groups in total. The topological polar surface area (TPSA) is 152 Å². The maximum absolute atomic E-state index is 13.3. The number of primary amides is 1. The molecule has 0 aromatic carbocycles. The molecule has 1 unspecified atom stereocenters. The Morgan fingerprint density at radius 1 is 1.45 bits per heavy atom. The molecule has 1 aliphatic carbocycles. The van der Waals surface area contributed by atoms with Crippen molar-refractivity contribution < 1.29 is 14.0 Å². The number of hydrogen-bond acceptors (Lipinski definition) is 10. The van der Waals surface area contributed by atoms with Crippen LogP contribution in [0.2, 0.25) is 0 Å². The highest BCUT2D eigenvalue weighted by molar-refractivity contribution is 8.01. The average Bonchev–Trinajstić information content (AvgIpc) is 3.36. The molecule has 0 radical (unpaired) electrons. The van der Waals surface area contributed by atoms with E-state index in [9.17, 15) is 14.9 Å². The summed E-state index contributed by atoms with van der Waals surface area (Å²) < 4.78 is 6.12. The van der Waals surface area contributed by atoms with Crippen molar-refractivity contribution in [3.8, 4) is 6.07 Å². The molecule has 9 nitrogen and oxygen atoms in total. The van der Waals surface area contributed by atoms with Gasteiger partial charge in [-0.2, -0.15) is 5.26 Å². The summed E-state index contributed by atoms with van der Waals surface area (Å²) in [6, 6.07) is 5.63. The van der Waals surface area contributed by atoms with Gasteiger partial charge in [0.25, 0.3) is 0 Å². The molecule has 4 rings (SSSR count). The van der Waals surface area contributed by atoms with Crippen molar-refractivity contribution in [2.75, 3.05) is 10.7 Å². The van der Waals surface area contributed by atoms with Crippen LogP contribution in [-0.4, -0.2) is 27.6 Å². The molecule has 160 valence electrons. The second-order valence-corrected chi connectivity index (χ2v) is 10.3. The van der Waals surface area contributed by atoms with E-state index < -0.39 is 11.8 Å². The van der Waals surface area contributed by atoms with Crippen molar-refractivity contribution in [2.24, 2.45) is 16.9 Å². The maximum atomic E-state index is 13.3. The maximum Gasteiger partial charge on any atom is 0.227 e. The number of rotatable bonds is 5. The molecule has 0 fully saturated rings. The predicted molar refractivity (Wildman–Crippen MR) is 116 cm³/mol. The number of allylic oxidation sites excluding steroid dienone is 3. The van der Waals surface area contributed by atoms with Crippen molar-refractivity contribution in [1.29, 1.82) is 5.26 Å². The molecule has 2 aromatic heterocycles. The minimum absolute atomic E-state index is 0.0502. The average molecular weight is 457 g/mol. The van der Waals surface area contributed by atoms with Gasteiger partial charge in [-0.15, -0.1) is 10.2 Å². The number of thioether (sulfide) groups is 1. The van der Waals surface area contributed by atoms with Gasteiger partial charge in [0.2, 0.25) is 11.0 Å². The van der Waals surface area contributed by atoms with Gasteiger partial charge in [-0.25, -0.2) is 0 Å². The summed E-state index contributed by atoms with van der Waals surface area (Å²) in [5.74, 6) is -0.414. The molecule has 2 aliphatic rings. The first-order chi connectivity index (χ1) is 14.7. The van der Waals surface area contributed by atoms with Crippen molar-refractivity contribution in [3.05, 3.63) is 46.8 Å². The number of nitrogens with zero attached hydrogens (tertiary/aromatic N) is 4. The van der Waals surface area contributed by atoms with Crippen LogP contribution < -0.4 is 16.4 Å². The molecule has 0 spiro atoms. The Hall–Kier alpha value is -3.10. The third-order valence-electron chi connectivity index (χ3n) is 5.13. The molecule has 1 amide bonds. The summed E-state index contributed by atoms with van der Waals surface area (Å²) in [5, 5.41) is 18.7. The molecule has 2 aromatic rings. The summed E-state index contributed by atoms with van der Waals surface area (Å²) in [5.41, 5.74) is 12.8. The van der Waals surface area contributed by atoms with E-state index in [1.165, 1.54) is 29.4 Å². The molecule has 0 bridgehead atoms. The number of hydrogen-bond donors (Lipinski definition) is 2. The van der Waals surface area contributed by atoms with Crippen LogP contribution in [0.4, 0.5) is 5.13 Å². The van der Waals surface area contributed by atoms with E-state index in [4.69, 9.17) is 15.9 Å². The van der Waals surface area contributed by atoms with Crippen LogP contribution in [0.15, 0.2) is 49.8 Å². The zero-order valence-corrected chi connectivity index (χ0v) is 18.5. The molecule has 1 atom stereocenters. The van der Waals surface area contributed by atoms with E-state index in [-0.39, 0.29) is 28.3 Å². The van der Waals surface area contributed by atoms with Gasteiger partial charge in [-0.05, 0) is 24.0 Å². The van der Waals surface area contributed by atoms with Crippen molar-refractivity contribution in [3.63, 3.8) is 0 Å². The van der Waals surface area contributed by atoms with Crippen LogP contribution in [0.25, 0.3) is 0 Å². The van der Waals surface area contributed by atoms with E-state index >= 15 is 0 Å². The van der Waals surface area contributed by atoms with Gasteiger partial charge in [-0.3, -0.25) is 14.5 Å². The normalized spacial score (nSPS) is 20.6. The number of ketones is 1. The second kappa shape index (κ2) is 7.86. The fraction of sp³-hybridized carbons (Fsp3) is 0.350. The van der Waals surface area contributed by atoms with Crippen molar-refractivity contribution in [1.82, 2.24) is 10.2 Å². The standard InChI is InChI=1S/C20H20N6O3S2/c1-20(2)6-11-16(12(27)7-20)15(13-4-3-5-29-13)10(8-21)17(23)26(11)18-24-25-19(31-18)30-9-14(22)28/h3-5,15H,6-7,9,23H2,1-2H3,(H2,22,28). The number of aromatic nitrogens is 2. The van der Waals surface area contributed by atoms with Gasteiger partial charge in [0, 0.05) is 17.7 Å². The number of nitriles is 1. The van der Waals surface area contributed by atoms with Gasteiger partial charge >= 0.3 is 0 Å². The van der Waals surface area contributed by atoms with Crippen LogP contribution in [0.1, 0.15) is 38.4 Å². The van der Waals surface area contributed by atoms with Crippen LogP contribution >= 0.6 is 23.1 Å². The van der Waals surface area contributed by atoms with Gasteiger partial charge in [0.15, 0.2) is 10.1 Å². The van der Waals surface area contributed by atoms with E-state index in [2.05, 4.69) is 16.3 Å². The molecule has 0 saturated heterocycles. The third-order valence-corrected chi connectivity index (χ3v) is 7.20. The summed E-state index contributed by atoms with van der Waals surface area (Å²) in [7, 11) is 0. The minimum atomic E-state index is -0.661. The third kappa shape index (κ3) is 3.84. The molecule has 3 heterocycles. The van der Waals surface area contributed by atoms with Crippen LogP contribution in [0.5, 0.6) is 0 Å². The first kappa shape index (κ1) is 21.1. The number of nitrogens with two attached hydrogens (primary N) is 2. The summed E-state index contributed by atoms with van der Waals surface area (Å²) in [6.45, 7) is 4.03. The Morgan fingerprint density at radius 2 is 2.23 bits per heavy atom. The Balaban J connectivity index is 1.87. The number of Topliss-reactive ketones (excluding diaryl/α,β-unsaturated/α-hetero) is 1. The SMILES string of the molecule is CC1(C)CC(=O)C2=C(C1)N(c1nnc(SCC(N)=O)s1)C(N)=C(C#N)C2c1ccco1. The lowest BCUT2D eigenvalue weighted by Gasteiger charge is -2.42. The lowest BCUT2D eigenvalue weighted by Crippen LogP contribution is -2.42. The van der Waals surface area contributed by atoms with Crippen LogP contribution in [0.3, 0.4) is 0 Å². The first-order valence-electron chi connectivity index (χ1n) is 9.46. The Kier molecular flexibility index (Phi) is 5.36. The number of anilines is 1. The predicted octanol–water partition coefficient (Wildman–Crippen LogP) is 2.65. The Bertz CT molecular complexity index is 1160. The number of furan rings is 1. The van der Waals surface area contributed by atoms with E-state index in [0.29, 0.717) is 39.3 Å².